The Hall–Kier alpha value is -2.47. The van der Waals surface area contributed by atoms with E-state index in [0.29, 0.717) is 27.9 Å². The molecule has 0 spiro atoms. The van der Waals surface area contributed by atoms with E-state index in [1.165, 1.54) is 0 Å². The molecule has 1 saturated heterocycles. The number of ether oxygens (including phenoxy) is 2. The molecule has 0 radical (unpaired) electrons. The van der Waals surface area contributed by atoms with Gasteiger partial charge in [-0.15, -0.1) is 0 Å². The van der Waals surface area contributed by atoms with Crippen LogP contribution in [0.3, 0.4) is 0 Å². The Balaban J connectivity index is 1.77. The maximum Gasteiger partial charge on any atom is 0.340 e. The van der Waals surface area contributed by atoms with Gasteiger partial charge in [0.05, 0.1) is 18.4 Å². The van der Waals surface area contributed by atoms with Crippen LogP contribution in [0.5, 0.6) is 5.75 Å². The number of piperidine rings is 1. The Kier molecular flexibility index (Phi) is 6.52. The maximum atomic E-state index is 12.7. The normalized spacial score (nSPS) is 16.6. The monoisotopic (exact) mass is 418 g/mol. The standard InChI is InChI=1S/C22H27ClN2O4/c1-14-6-5-9-24(12-14)21(26)13-29-22(27)18-10-15(2)25(16(18)3)19-11-17(23)7-8-20(19)28-4/h7-8,10-11,14H,5-6,9,12-13H2,1-4H3/t14-/m0/s1. The summed E-state index contributed by atoms with van der Waals surface area (Å²) in [6, 6.07) is 7.08. The van der Waals surface area contributed by atoms with Gasteiger partial charge in [-0.25, -0.2) is 4.79 Å². The molecule has 1 aliphatic rings. The molecule has 3 rings (SSSR count). The van der Waals surface area contributed by atoms with Crippen molar-refractivity contribution >= 4 is 23.5 Å². The van der Waals surface area contributed by atoms with Gasteiger partial charge in [-0.2, -0.15) is 0 Å². The van der Waals surface area contributed by atoms with Gasteiger partial charge in [-0.05, 0) is 56.9 Å². The van der Waals surface area contributed by atoms with Crippen molar-refractivity contribution in [2.24, 2.45) is 5.92 Å². The highest BCUT2D eigenvalue weighted by Gasteiger charge is 2.24. The SMILES string of the molecule is COc1ccc(Cl)cc1-n1c(C)cc(C(=O)OCC(=O)N2CCC[C@H](C)C2)c1C. The Labute approximate surface area is 176 Å². The largest absolute Gasteiger partial charge is 0.495 e. The molecule has 1 aromatic carbocycles. The first-order valence-electron chi connectivity index (χ1n) is 9.79. The molecule has 2 heterocycles. The molecule has 29 heavy (non-hydrogen) atoms. The number of esters is 1. The van der Waals surface area contributed by atoms with E-state index in [-0.39, 0.29) is 12.5 Å². The van der Waals surface area contributed by atoms with Crippen LogP contribution in [0.1, 0.15) is 41.5 Å². The van der Waals surface area contributed by atoms with E-state index in [1.807, 2.05) is 18.4 Å². The zero-order chi connectivity index (χ0) is 21.1. The van der Waals surface area contributed by atoms with Gasteiger partial charge in [0.15, 0.2) is 6.61 Å². The number of hydrogen-bond donors (Lipinski definition) is 0. The van der Waals surface area contributed by atoms with Crippen molar-refractivity contribution < 1.29 is 19.1 Å². The summed E-state index contributed by atoms with van der Waals surface area (Å²) in [6.45, 7) is 7.06. The van der Waals surface area contributed by atoms with Gasteiger partial charge in [0, 0.05) is 29.5 Å². The van der Waals surface area contributed by atoms with Crippen molar-refractivity contribution in [1.29, 1.82) is 0 Å². The summed E-state index contributed by atoms with van der Waals surface area (Å²) in [5, 5.41) is 0.568. The average Bonchev–Trinajstić information content (AvgIpc) is 2.99. The van der Waals surface area contributed by atoms with E-state index in [4.69, 9.17) is 21.1 Å². The highest BCUT2D eigenvalue weighted by atomic mass is 35.5. The molecule has 156 valence electrons. The molecule has 0 saturated carbocycles. The Morgan fingerprint density at radius 2 is 2.00 bits per heavy atom. The first-order chi connectivity index (χ1) is 13.8. The number of carbonyl (C=O) groups excluding carboxylic acids is 2. The van der Waals surface area contributed by atoms with Crippen LogP contribution < -0.4 is 4.74 Å². The van der Waals surface area contributed by atoms with Gasteiger partial charge >= 0.3 is 5.97 Å². The van der Waals surface area contributed by atoms with Crippen LogP contribution in [0.25, 0.3) is 5.69 Å². The van der Waals surface area contributed by atoms with Crippen molar-refractivity contribution in [2.75, 3.05) is 26.8 Å². The first-order valence-corrected chi connectivity index (χ1v) is 10.2. The van der Waals surface area contributed by atoms with Gasteiger partial charge in [0.1, 0.15) is 5.75 Å². The van der Waals surface area contributed by atoms with E-state index in [9.17, 15) is 9.59 Å². The number of methoxy groups -OCH3 is 1. The molecule has 1 amide bonds. The molecule has 1 aromatic heterocycles. The number of halogens is 1. The van der Waals surface area contributed by atoms with Crippen LogP contribution in [0, 0.1) is 19.8 Å². The van der Waals surface area contributed by atoms with Crippen molar-refractivity contribution in [3.63, 3.8) is 0 Å². The van der Waals surface area contributed by atoms with E-state index in [2.05, 4.69) is 6.92 Å². The second-order valence-electron chi connectivity index (χ2n) is 7.60. The van der Waals surface area contributed by atoms with Gasteiger partial charge in [-0.1, -0.05) is 18.5 Å². The number of aromatic nitrogens is 1. The molecule has 1 atom stereocenters. The zero-order valence-electron chi connectivity index (χ0n) is 17.3. The number of hydrogen-bond acceptors (Lipinski definition) is 4. The zero-order valence-corrected chi connectivity index (χ0v) is 18.1. The van der Waals surface area contributed by atoms with Crippen molar-refractivity contribution in [2.45, 2.75) is 33.6 Å². The highest BCUT2D eigenvalue weighted by molar-refractivity contribution is 6.30. The molecule has 1 fully saturated rings. The van der Waals surface area contributed by atoms with Crippen molar-refractivity contribution in [3.8, 4) is 11.4 Å². The van der Waals surface area contributed by atoms with Gasteiger partial charge < -0.3 is 18.9 Å². The summed E-state index contributed by atoms with van der Waals surface area (Å²) >= 11 is 6.16. The number of rotatable bonds is 5. The van der Waals surface area contributed by atoms with Crippen LogP contribution in [0.15, 0.2) is 24.3 Å². The maximum absolute atomic E-state index is 12.7. The second-order valence-corrected chi connectivity index (χ2v) is 8.04. The quantitative estimate of drug-likeness (QED) is 0.683. The minimum Gasteiger partial charge on any atom is -0.495 e. The molecule has 2 aromatic rings. The van der Waals surface area contributed by atoms with Gasteiger partial charge in [0.2, 0.25) is 0 Å². The number of amides is 1. The fourth-order valence-corrected chi connectivity index (χ4v) is 4.06. The van der Waals surface area contributed by atoms with Crippen LogP contribution in [-0.4, -0.2) is 48.1 Å². The molecular formula is C22H27ClN2O4. The summed E-state index contributed by atoms with van der Waals surface area (Å²) in [5.74, 6) is 0.472. The summed E-state index contributed by atoms with van der Waals surface area (Å²) < 4.78 is 12.7. The molecule has 0 aliphatic carbocycles. The van der Waals surface area contributed by atoms with Crippen molar-refractivity contribution in [3.05, 3.63) is 46.2 Å². The van der Waals surface area contributed by atoms with Gasteiger partial charge in [-0.3, -0.25) is 4.79 Å². The van der Waals surface area contributed by atoms with Crippen LogP contribution in [0.2, 0.25) is 5.02 Å². The number of nitrogens with zero attached hydrogens (tertiary/aromatic N) is 2. The van der Waals surface area contributed by atoms with E-state index >= 15 is 0 Å². The molecule has 0 bridgehead atoms. The summed E-state index contributed by atoms with van der Waals surface area (Å²) in [4.78, 5) is 26.8. The molecule has 6 nitrogen and oxygen atoms in total. The molecule has 1 aliphatic heterocycles. The van der Waals surface area contributed by atoms with Crippen LogP contribution >= 0.6 is 11.6 Å². The smallest absolute Gasteiger partial charge is 0.340 e. The second kappa shape index (κ2) is 8.91. The van der Waals surface area contributed by atoms with Crippen LogP contribution in [-0.2, 0) is 9.53 Å². The van der Waals surface area contributed by atoms with E-state index < -0.39 is 5.97 Å². The number of likely N-dealkylation sites (tertiary alicyclic amines) is 1. The lowest BCUT2D eigenvalue weighted by molar-refractivity contribution is -0.136. The number of aryl methyl sites for hydroxylation is 1. The third-order valence-corrected chi connectivity index (χ3v) is 5.60. The Morgan fingerprint density at radius 3 is 2.69 bits per heavy atom. The number of carbonyl (C=O) groups is 2. The van der Waals surface area contributed by atoms with E-state index in [0.717, 1.165) is 37.3 Å². The molecular weight excluding hydrogens is 392 g/mol. The predicted octanol–water partition coefficient (Wildman–Crippen LogP) is 4.17. The lowest BCUT2D eigenvalue weighted by Crippen LogP contribution is -2.41. The average molecular weight is 419 g/mol. The fourth-order valence-electron chi connectivity index (χ4n) is 3.89. The third kappa shape index (κ3) is 4.58. The Bertz CT molecular complexity index is 922. The fraction of sp³-hybridized carbons (Fsp3) is 0.455. The Morgan fingerprint density at radius 1 is 1.24 bits per heavy atom. The summed E-state index contributed by atoms with van der Waals surface area (Å²) in [6.07, 6.45) is 2.12. The predicted molar refractivity (Wildman–Crippen MR) is 112 cm³/mol. The topological polar surface area (TPSA) is 60.8 Å². The summed E-state index contributed by atoms with van der Waals surface area (Å²) in [7, 11) is 1.59. The lowest BCUT2D eigenvalue weighted by atomic mass is 10.0. The first kappa shape index (κ1) is 21.2. The third-order valence-electron chi connectivity index (χ3n) is 5.37. The molecule has 0 N–H and O–H groups in total. The highest BCUT2D eigenvalue weighted by Crippen LogP contribution is 2.31. The summed E-state index contributed by atoms with van der Waals surface area (Å²) in [5.41, 5.74) is 2.70. The lowest BCUT2D eigenvalue weighted by Gasteiger charge is -2.30. The van der Waals surface area contributed by atoms with Crippen LogP contribution in [0.4, 0.5) is 0 Å². The van der Waals surface area contributed by atoms with Gasteiger partial charge in [0.25, 0.3) is 5.91 Å². The molecule has 0 unspecified atom stereocenters. The number of benzene rings is 1. The minimum atomic E-state index is -0.510. The minimum absolute atomic E-state index is 0.143. The van der Waals surface area contributed by atoms with Crippen molar-refractivity contribution in [1.82, 2.24) is 9.47 Å². The van der Waals surface area contributed by atoms with E-state index in [1.54, 1.807) is 36.3 Å². The molecule has 7 heteroatoms.